The second kappa shape index (κ2) is 6.38. The fraction of sp³-hybridized carbons (Fsp3) is 0.889. The summed E-state index contributed by atoms with van der Waals surface area (Å²) in [5, 5.41) is 3.72. The molecular formula is C9H16BrNO2. The monoisotopic (exact) mass is 249 g/mol. The van der Waals surface area contributed by atoms with E-state index in [0.717, 1.165) is 18.2 Å². The van der Waals surface area contributed by atoms with Gasteiger partial charge in [0.25, 0.3) is 0 Å². The van der Waals surface area contributed by atoms with Crippen LogP contribution in [-0.2, 0) is 9.53 Å². The van der Waals surface area contributed by atoms with Crippen LogP contribution >= 0.6 is 15.9 Å². The summed E-state index contributed by atoms with van der Waals surface area (Å²) < 4.78 is 5.20. The molecule has 0 heterocycles. The van der Waals surface area contributed by atoms with Gasteiger partial charge in [-0.25, -0.2) is 0 Å². The predicted octanol–water partition coefficient (Wildman–Crippen LogP) is 1.31. The highest BCUT2D eigenvalue weighted by Gasteiger charge is 2.24. The Morgan fingerprint density at radius 3 is 2.77 bits per heavy atom. The molecule has 1 fully saturated rings. The normalized spacial score (nSPS) is 16.7. The van der Waals surface area contributed by atoms with Gasteiger partial charge in [-0.05, 0) is 12.8 Å². The van der Waals surface area contributed by atoms with Gasteiger partial charge < -0.3 is 10.1 Å². The molecule has 0 aromatic carbocycles. The van der Waals surface area contributed by atoms with E-state index in [0.29, 0.717) is 19.8 Å². The third kappa shape index (κ3) is 4.09. The van der Waals surface area contributed by atoms with E-state index in [-0.39, 0.29) is 11.8 Å². The average molecular weight is 250 g/mol. The molecule has 3 nitrogen and oxygen atoms in total. The number of nitrogens with one attached hydrogen (secondary N) is 1. The molecule has 1 amide bonds. The Morgan fingerprint density at radius 2 is 2.23 bits per heavy atom. The van der Waals surface area contributed by atoms with Crippen LogP contribution in [0.1, 0.15) is 19.3 Å². The van der Waals surface area contributed by atoms with Crippen LogP contribution < -0.4 is 5.32 Å². The van der Waals surface area contributed by atoms with E-state index < -0.39 is 0 Å². The Labute approximate surface area is 87.3 Å². The van der Waals surface area contributed by atoms with Crippen molar-refractivity contribution in [2.24, 2.45) is 5.92 Å². The summed E-state index contributed by atoms with van der Waals surface area (Å²) in [5.74, 6) is 0.491. The molecular weight excluding hydrogens is 234 g/mol. The standard InChI is InChI=1S/C9H16BrNO2/c10-4-6-13-7-5-11-9(12)8-2-1-3-8/h8H,1-7H2,(H,11,12). The van der Waals surface area contributed by atoms with Gasteiger partial charge in [-0.3, -0.25) is 4.79 Å². The number of alkyl halides is 1. The molecule has 0 spiro atoms. The number of rotatable bonds is 6. The van der Waals surface area contributed by atoms with E-state index in [1.165, 1.54) is 6.42 Å². The van der Waals surface area contributed by atoms with Crippen LogP contribution in [-0.4, -0.2) is 31.0 Å². The highest BCUT2D eigenvalue weighted by atomic mass is 79.9. The van der Waals surface area contributed by atoms with E-state index in [1.807, 2.05) is 0 Å². The molecule has 0 bridgehead atoms. The van der Waals surface area contributed by atoms with Gasteiger partial charge in [0.05, 0.1) is 13.2 Å². The largest absolute Gasteiger partial charge is 0.379 e. The maximum atomic E-state index is 11.3. The predicted molar refractivity (Wildman–Crippen MR) is 55.0 cm³/mol. The van der Waals surface area contributed by atoms with Crippen LogP contribution in [0.25, 0.3) is 0 Å². The van der Waals surface area contributed by atoms with Crippen LogP contribution in [0.15, 0.2) is 0 Å². The summed E-state index contributed by atoms with van der Waals surface area (Å²) in [6.45, 7) is 1.96. The number of ether oxygens (including phenoxy) is 1. The van der Waals surface area contributed by atoms with Crippen LogP contribution in [0, 0.1) is 5.92 Å². The zero-order valence-corrected chi connectivity index (χ0v) is 9.31. The first-order valence-electron chi connectivity index (χ1n) is 4.76. The quantitative estimate of drug-likeness (QED) is 0.570. The summed E-state index contributed by atoms with van der Waals surface area (Å²) in [6.07, 6.45) is 3.33. The molecule has 0 saturated heterocycles. The SMILES string of the molecule is O=C(NCCOCCBr)C1CCC1. The van der Waals surface area contributed by atoms with Crippen molar-refractivity contribution in [3.63, 3.8) is 0 Å². The molecule has 1 aliphatic carbocycles. The maximum Gasteiger partial charge on any atom is 0.223 e. The molecule has 0 radical (unpaired) electrons. The Morgan fingerprint density at radius 1 is 1.46 bits per heavy atom. The molecule has 0 aliphatic heterocycles. The molecule has 13 heavy (non-hydrogen) atoms. The summed E-state index contributed by atoms with van der Waals surface area (Å²) >= 11 is 3.26. The first kappa shape index (κ1) is 11.0. The summed E-state index contributed by atoms with van der Waals surface area (Å²) in [4.78, 5) is 11.3. The molecule has 76 valence electrons. The number of halogens is 1. The number of amides is 1. The maximum absolute atomic E-state index is 11.3. The van der Waals surface area contributed by atoms with Crippen molar-refractivity contribution >= 4 is 21.8 Å². The molecule has 0 atom stereocenters. The fourth-order valence-electron chi connectivity index (χ4n) is 1.22. The van der Waals surface area contributed by atoms with E-state index in [9.17, 15) is 4.79 Å². The zero-order valence-electron chi connectivity index (χ0n) is 7.72. The summed E-state index contributed by atoms with van der Waals surface area (Å²) in [6, 6.07) is 0. The van der Waals surface area contributed by atoms with Gasteiger partial charge in [0.1, 0.15) is 0 Å². The summed E-state index contributed by atoms with van der Waals surface area (Å²) in [7, 11) is 0. The van der Waals surface area contributed by atoms with Gasteiger partial charge in [0.2, 0.25) is 5.91 Å². The van der Waals surface area contributed by atoms with Crippen molar-refractivity contribution in [3.05, 3.63) is 0 Å². The van der Waals surface area contributed by atoms with Crippen molar-refractivity contribution in [1.29, 1.82) is 0 Å². The number of carbonyl (C=O) groups is 1. The van der Waals surface area contributed by atoms with Crippen LogP contribution in [0.4, 0.5) is 0 Å². The molecule has 0 aromatic heterocycles. The third-order valence-electron chi connectivity index (χ3n) is 2.24. The molecule has 1 aliphatic rings. The van der Waals surface area contributed by atoms with Crippen molar-refractivity contribution in [3.8, 4) is 0 Å². The minimum atomic E-state index is 0.202. The van der Waals surface area contributed by atoms with Crippen molar-refractivity contribution < 1.29 is 9.53 Å². The van der Waals surface area contributed by atoms with E-state index in [4.69, 9.17) is 4.74 Å². The van der Waals surface area contributed by atoms with Gasteiger partial charge in [-0.1, -0.05) is 22.4 Å². The van der Waals surface area contributed by atoms with Gasteiger partial charge in [-0.2, -0.15) is 0 Å². The lowest BCUT2D eigenvalue weighted by Gasteiger charge is -2.23. The zero-order chi connectivity index (χ0) is 9.52. The minimum absolute atomic E-state index is 0.202. The van der Waals surface area contributed by atoms with Crippen LogP contribution in [0.2, 0.25) is 0 Å². The van der Waals surface area contributed by atoms with E-state index in [1.54, 1.807) is 0 Å². The van der Waals surface area contributed by atoms with Gasteiger partial charge >= 0.3 is 0 Å². The Bertz CT molecular complexity index is 160. The Kier molecular flexibility index (Phi) is 5.39. The highest BCUT2D eigenvalue weighted by molar-refractivity contribution is 9.09. The second-order valence-corrected chi connectivity index (χ2v) is 4.01. The number of hydrogen-bond donors (Lipinski definition) is 1. The molecule has 4 heteroatoms. The van der Waals surface area contributed by atoms with Crippen LogP contribution in [0.5, 0.6) is 0 Å². The first-order chi connectivity index (χ1) is 6.34. The van der Waals surface area contributed by atoms with Crippen molar-refractivity contribution in [2.75, 3.05) is 25.1 Å². The second-order valence-electron chi connectivity index (χ2n) is 3.22. The van der Waals surface area contributed by atoms with Gasteiger partial charge in [-0.15, -0.1) is 0 Å². The minimum Gasteiger partial charge on any atom is -0.379 e. The fourth-order valence-corrected chi connectivity index (χ4v) is 1.45. The number of carbonyl (C=O) groups excluding carboxylic acids is 1. The smallest absolute Gasteiger partial charge is 0.223 e. The third-order valence-corrected chi connectivity index (χ3v) is 2.57. The first-order valence-corrected chi connectivity index (χ1v) is 5.88. The number of hydrogen-bond acceptors (Lipinski definition) is 2. The van der Waals surface area contributed by atoms with E-state index in [2.05, 4.69) is 21.2 Å². The molecule has 1 saturated carbocycles. The van der Waals surface area contributed by atoms with Crippen LogP contribution in [0.3, 0.4) is 0 Å². The average Bonchev–Trinajstić information content (AvgIpc) is 2.01. The molecule has 1 N–H and O–H groups in total. The topological polar surface area (TPSA) is 38.3 Å². The van der Waals surface area contributed by atoms with E-state index >= 15 is 0 Å². The Balaban J connectivity index is 1.89. The molecule has 0 unspecified atom stereocenters. The lowest BCUT2D eigenvalue weighted by Crippen LogP contribution is -2.36. The van der Waals surface area contributed by atoms with Crippen molar-refractivity contribution in [1.82, 2.24) is 5.32 Å². The highest BCUT2D eigenvalue weighted by Crippen LogP contribution is 2.25. The molecule has 1 rings (SSSR count). The van der Waals surface area contributed by atoms with Crippen molar-refractivity contribution in [2.45, 2.75) is 19.3 Å². The van der Waals surface area contributed by atoms with Gasteiger partial charge in [0, 0.05) is 17.8 Å². The molecule has 0 aromatic rings. The van der Waals surface area contributed by atoms with Gasteiger partial charge in [0.15, 0.2) is 0 Å². The lowest BCUT2D eigenvalue weighted by atomic mass is 9.85. The summed E-state index contributed by atoms with van der Waals surface area (Å²) in [5.41, 5.74) is 0. The Hall–Kier alpha value is -0.0900. The lowest BCUT2D eigenvalue weighted by molar-refractivity contribution is -0.127.